The van der Waals surface area contributed by atoms with Gasteiger partial charge in [-0.2, -0.15) is 4.98 Å². The lowest BCUT2D eigenvalue weighted by Gasteiger charge is -2.38. The van der Waals surface area contributed by atoms with E-state index in [1.807, 2.05) is 0 Å². The fourth-order valence-electron chi connectivity index (χ4n) is 1.97. The van der Waals surface area contributed by atoms with E-state index in [0.29, 0.717) is 6.04 Å². The molecule has 0 aromatic carbocycles. The first-order valence-corrected chi connectivity index (χ1v) is 6.67. The van der Waals surface area contributed by atoms with Gasteiger partial charge in [0.2, 0.25) is 5.95 Å². The van der Waals surface area contributed by atoms with Crippen molar-refractivity contribution < 1.29 is 5.11 Å². The van der Waals surface area contributed by atoms with Gasteiger partial charge in [0, 0.05) is 25.4 Å². The Hall–Kier alpha value is -0.880. The number of nitrogens with zero attached hydrogens (tertiary/aromatic N) is 3. The number of aliphatic hydroxyl groups is 1. The minimum absolute atomic E-state index is 0.196. The smallest absolute Gasteiger partial charge is 0.222 e. The molecule has 0 aliphatic heterocycles. The Morgan fingerprint density at radius 2 is 2.29 bits per heavy atom. The third-order valence-electron chi connectivity index (χ3n) is 3.09. The number of hydrogen-bond acceptors (Lipinski definition) is 5. The zero-order chi connectivity index (χ0) is 12.3. The zero-order valence-electron chi connectivity index (χ0n) is 9.64. The number of halogens is 1. The largest absolute Gasteiger partial charge is 0.396 e. The van der Waals surface area contributed by atoms with Crippen LogP contribution in [0.1, 0.15) is 25.7 Å². The van der Waals surface area contributed by atoms with E-state index in [2.05, 4.69) is 30.8 Å². The van der Waals surface area contributed by atoms with Crippen molar-refractivity contribution in [3.05, 3.63) is 10.7 Å². The number of anilines is 2. The Bertz CT molecular complexity index is 384. The van der Waals surface area contributed by atoms with Crippen LogP contribution in [-0.4, -0.2) is 34.3 Å². The number of hydrogen-bond donors (Lipinski definition) is 2. The molecular formula is C11H17BrN4O. The number of nitrogens with two attached hydrogens (primary N) is 1. The van der Waals surface area contributed by atoms with Crippen LogP contribution in [0.25, 0.3) is 0 Å². The Kier molecular flexibility index (Phi) is 4.17. The van der Waals surface area contributed by atoms with E-state index < -0.39 is 0 Å². The molecule has 1 aliphatic rings. The predicted molar refractivity (Wildman–Crippen MR) is 70.8 cm³/mol. The van der Waals surface area contributed by atoms with Gasteiger partial charge in [-0.3, -0.25) is 0 Å². The molecule has 3 N–H and O–H groups in total. The van der Waals surface area contributed by atoms with Gasteiger partial charge in [0.1, 0.15) is 5.82 Å². The van der Waals surface area contributed by atoms with Crippen LogP contribution in [0.4, 0.5) is 11.8 Å². The van der Waals surface area contributed by atoms with Crippen LogP contribution in [0.5, 0.6) is 0 Å². The van der Waals surface area contributed by atoms with Gasteiger partial charge in [-0.25, -0.2) is 4.98 Å². The predicted octanol–water partition coefficient (Wildman–Crippen LogP) is 1.56. The number of aromatic nitrogens is 2. The van der Waals surface area contributed by atoms with Gasteiger partial charge in [-0.05, 0) is 41.6 Å². The van der Waals surface area contributed by atoms with Crippen LogP contribution in [0.3, 0.4) is 0 Å². The molecule has 1 fully saturated rings. The van der Waals surface area contributed by atoms with Crippen molar-refractivity contribution in [1.29, 1.82) is 0 Å². The van der Waals surface area contributed by atoms with Crippen LogP contribution in [0.2, 0.25) is 0 Å². The van der Waals surface area contributed by atoms with Gasteiger partial charge < -0.3 is 15.7 Å². The fraction of sp³-hybridized carbons (Fsp3) is 0.636. The van der Waals surface area contributed by atoms with Crippen molar-refractivity contribution in [2.24, 2.45) is 0 Å². The van der Waals surface area contributed by atoms with E-state index in [1.165, 1.54) is 19.3 Å². The second-order valence-corrected chi connectivity index (χ2v) is 5.11. The van der Waals surface area contributed by atoms with Gasteiger partial charge in [0.25, 0.3) is 0 Å². The van der Waals surface area contributed by atoms with Gasteiger partial charge >= 0.3 is 0 Å². The summed E-state index contributed by atoms with van der Waals surface area (Å²) >= 11 is 3.46. The average molecular weight is 301 g/mol. The summed E-state index contributed by atoms with van der Waals surface area (Å²) in [5.41, 5.74) is 5.63. The van der Waals surface area contributed by atoms with Gasteiger partial charge in [-0.15, -0.1) is 0 Å². The number of aliphatic hydroxyl groups excluding tert-OH is 1. The molecule has 0 saturated heterocycles. The fourth-order valence-corrected chi connectivity index (χ4v) is 2.39. The summed E-state index contributed by atoms with van der Waals surface area (Å²) in [6.45, 7) is 0.998. The Morgan fingerprint density at radius 1 is 1.53 bits per heavy atom. The monoisotopic (exact) mass is 300 g/mol. The molecule has 2 rings (SSSR count). The van der Waals surface area contributed by atoms with E-state index in [9.17, 15) is 0 Å². The molecule has 1 saturated carbocycles. The van der Waals surface area contributed by atoms with E-state index in [4.69, 9.17) is 10.8 Å². The quantitative estimate of drug-likeness (QED) is 0.863. The van der Waals surface area contributed by atoms with Gasteiger partial charge in [0.05, 0.1) is 4.47 Å². The van der Waals surface area contributed by atoms with E-state index >= 15 is 0 Å². The first-order chi connectivity index (χ1) is 8.22. The Labute approximate surface area is 109 Å². The molecule has 17 heavy (non-hydrogen) atoms. The van der Waals surface area contributed by atoms with Crippen molar-refractivity contribution in [3.8, 4) is 0 Å². The lowest BCUT2D eigenvalue weighted by molar-refractivity contribution is 0.282. The van der Waals surface area contributed by atoms with Crippen LogP contribution >= 0.6 is 15.9 Å². The first kappa shape index (κ1) is 12.6. The van der Waals surface area contributed by atoms with Crippen molar-refractivity contribution in [2.45, 2.75) is 31.7 Å². The first-order valence-electron chi connectivity index (χ1n) is 5.88. The highest BCUT2D eigenvalue weighted by Gasteiger charge is 2.27. The normalized spacial score (nSPS) is 15.6. The molecule has 0 bridgehead atoms. The number of nitrogen functional groups attached to an aromatic ring is 1. The summed E-state index contributed by atoms with van der Waals surface area (Å²) in [5, 5.41) is 8.96. The van der Waals surface area contributed by atoms with Crippen molar-refractivity contribution in [2.75, 3.05) is 23.8 Å². The standard InChI is InChI=1S/C11H17BrN4O/c12-9-7-14-11(13)15-10(9)16(5-2-6-17)8-3-1-4-8/h7-8,17H,1-6H2,(H2,13,14,15). The molecule has 1 heterocycles. The molecule has 0 radical (unpaired) electrons. The van der Waals surface area contributed by atoms with Crippen LogP contribution in [0, 0.1) is 0 Å². The highest BCUT2D eigenvalue weighted by atomic mass is 79.9. The van der Waals surface area contributed by atoms with Crippen LogP contribution in [-0.2, 0) is 0 Å². The highest BCUT2D eigenvalue weighted by Crippen LogP contribution is 2.32. The van der Waals surface area contributed by atoms with Crippen LogP contribution in [0.15, 0.2) is 10.7 Å². The minimum Gasteiger partial charge on any atom is -0.396 e. The van der Waals surface area contributed by atoms with Crippen molar-refractivity contribution in [1.82, 2.24) is 9.97 Å². The Balaban J connectivity index is 2.20. The molecule has 6 heteroatoms. The summed E-state index contributed by atoms with van der Waals surface area (Å²) in [4.78, 5) is 10.5. The average Bonchev–Trinajstić information content (AvgIpc) is 2.25. The molecule has 94 valence electrons. The SMILES string of the molecule is Nc1ncc(Br)c(N(CCCO)C2CCC2)n1. The maximum absolute atomic E-state index is 8.96. The molecule has 5 nitrogen and oxygen atoms in total. The van der Waals surface area contributed by atoms with Gasteiger partial charge in [-0.1, -0.05) is 0 Å². The topological polar surface area (TPSA) is 75.3 Å². The highest BCUT2D eigenvalue weighted by molar-refractivity contribution is 9.10. The van der Waals surface area contributed by atoms with E-state index in [0.717, 1.165) is 23.3 Å². The van der Waals surface area contributed by atoms with Crippen molar-refractivity contribution in [3.63, 3.8) is 0 Å². The maximum atomic E-state index is 8.96. The third-order valence-corrected chi connectivity index (χ3v) is 3.65. The van der Waals surface area contributed by atoms with E-state index in [1.54, 1.807) is 6.20 Å². The molecule has 0 atom stereocenters. The molecule has 1 aliphatic carbocycles. The molecular weight excluding hydrogens is 284 g/mol. The number of rotatable bonds is 5. The zero-order valence-corrected chi connectivity index (χ0v) is 11.2. The Morgan fingerprint density at radius 3 is 2.88 bits per heavy atom. The summed E-state index contributed by atoms with van der Waals surface area (Å²) in [7, 11) is 0. The molecule has 1 aromatic heterocycles. The van der Waals surface area contributed by atoms with Crippen molar-refractivity contribution >= 4 is 27.7 Å². The second kappa shape index (κ2) is 5.64. The summed E-state index contributed by atoms with van der Waals surface area (Å²) in [6.07, 6.45) is 6.05. The molecule has 0 amide bonds. The summed E-state index contributed by atoms with van der Waals surface area (Å²) < 4.78 is 0.858. The molecule has 0 spiro atoms. The lowest BCUT2D eigenvalue weighted by Crippen LogP contribution is -2.42. The van der Waals surface area contributed by atoms with Crippen LogP contribution < -0.4 is 10.6 Å². The lowest BCUT2D eigenvalue weighted by atomic mass is 9.91. The maximum Gasteiger partial charge on any atom is 0.222 e. The summed E-state index contributed by atoms with van der Waals surface area (Å²) in [6, 6.07) is 0.521. The third kappa shape index (κ3) is 2.87. The van der Waals surface area contributed by atoms with E-state index in [-0.39, 0.29) is 12.6 Å². The van der Waals surface area contributed by atoms with Gasteiger partial charge in [0.15, 0.2) is 0 Å². The molecule has 1 aromatic rings. The summed E-state index contributed by atoms with van der Waals surface area (Å²) in [5.74, 6) is 1.13. The minimum atomic E-state index is 0.196. The second-order valence-electron chi connectivity index (χ2n) is 4.26. The molecule has 0 unspecified atom stereocenters.